The second kappa shape index (κ2) is 4.37. The molecular formula is C9H18N2O3S. The van der Waals surface area contributed by atoms with E-state index in [1.165, 1.54) is 0 Å². The van der Waals surface area contributed by atoms with E-state index < -0.39 is 10.0 Å². The van der Waals surface area contributed by atoms with Crippen LogP contribution in [0.3, 0.4) is 0 Å². The number of rotatable bonds is 5. The van der Waals surface area contributed by atoms with Crippen molar-refractivity contribution in [3.63, 3.8) is 0 Å². The van der Waals surface area contributed by atoms with Gasteiger partial charge in [0.1, 0.15) is 0 Å². The van der Waals surface area contributed by atoms with E-state index in [0.29, 0.717) is 6.54 Å². The Morgan fingerprint density at radius 3 is 2.73 bits per heavy atom. The van der Waals surface area contributed by atoms with E-state index in [-0.39, 0.29) is 24.0 Å². The van der Waals surface area contributed by atoms with Crippen LogP contribution in [0.25, 0.3) is 0 Å². The monoisotopic (exact) mass is 234 g/mol. The first-order valence-electron chi connectivity index (χ1n) is 5.41. The Morgan fingerprint density at radius 1 is 1.40 bits per heavy atom. The predicted molar refractivity (Wildman–Crippen MR) is 57.1 cm³/mol. The molecule has 2 N–H and O–H groups in total. The Labute approximate surface area is 90.6 Å². The van der Waals surface area contributed by atoms with Gasteiger partial charge in [-0.25, -0.2) is 13.1 Å². The molecule has 0 aromatic carbocycles. The van der Waals surface area contributed by atoms with Crippen molar-refractivity contribution in [2.45, 2.75) is 37.5 Å². The summed E-state index contributed by atoms with van der Waals surface area (Å²) in [5, 5.41) is 2.83. The first-order valence-corrected chi connectivity index (χ1v) is 7.06. The third-order valence-electron chi connectivity index (χ3n) is 3.06. The Kier molecular flexibility index (Phi) is 3.30. The average molecular weight is 234 g/mol. The third-order valence-corrected chi connectivity index (χ3v) is 4.46. The van der Waals surface area contributed by atoms with Gasteiger partial charge < -0.3 is 10.1 Å². The summed E-state index contributed by atoms with van der Waals surface area (Å²) in [6, 6.07) is 0.00519. The number of hydrogen-bond acceptors (Lipinski definition) is 4. The summed E-state index contributed by atoms with van der Waals surface area (Å²) in [7, 11) is -1.40. The van der Waals surface area contributed by atoms with Crippen LogP contribution in [0.15, 0.2) is 0 Å². The van der Waals surface area contributed by atoms with Crippen molar-refractivity contribution in [2.75, 3.05) is 19.3 Å². The van der Waals surface area contributed by atoms with E-state index >= 15 is 0 Å². The smallest absolute Gasteiger partial charge is 0.213 e. The van der Waals surface area contributed by atoms with Gasteiger partial charge >= 0.3 is 0 Å². The fourth-order valence-corrected chi connectivity index (χ4v) is 3.59. The lowest BCUT2D eigenvalue weighted by atomic mass is 9.96. The SMILES string of the molecule is CNCCS(=O)(=O)NC1CC2CCC1O2. The molecule has 0 saturated carbocycles. The molecule has 2 fully saturated rings. The van der Waals surface area contributed by atoms with Gasteiger partial charge in [-0.15, -0.1) is 0 Å². The van der Waals surface area contributed by atoms with Crippen molar-refractivity contribution in [2.24, 2.45) is 0 Å². The predicted octanol–water partition coefficient (Wildman–Crippen LogP) is -0.555. The summed E-state index contributed by atoms with van der Waals surface area (Å²) in [6.07, 6.45) is 3.30. The zero-order chi connectivity index (χ0) is 10.9. The van der Waals surface area contributed by atoms with Crippen molar-refractivity contribution in [1.29, 1.82) is 0 Å². The maximum absolute atomic E-state index is 11.6. The summed E-state index contributed by atoms with van der Waals surface area (Å²) < 4.78 is 31.6. The van der Waals surface area contributed by atoms with Crippen LogP contribution < -0.4 is 10.0 Å². The topological polar surface area (TPSA) is 67.4 Å². The molecular weight excluding hydrogens is 216 g/mol. The average Bonchev–Trinajstić information content (AvgIpc) is 2.75. The van der Waals surface area contributed by atoms with Gasteiger partial charge in [-0.3, -0.25) is 0 Å². The normalized spacial score (nSPS) is 34.9. The lowest BCUT2D eigenvalue weighted by molar-refractivity contribution is 0.0996. The molecule has 15 heavy (non-hydrogen) atoms. The van der Waals surface area contributed by atoms with E-state index in [2.05, 4.69) is 10.0 Å². The second-order valence-corrected chi connectivity index (χ2v) is 6.13. The highest BCUT2D eigenvalue weighted by molar-refractivity contribution is 7.89. The van der Waals surface area contributed by atoms with Gasteiger partial charge in [0, 0.05) is 6.54 Å². The molecule has 2 rings (SSSR count). The standard InChI is InChI=1S/C9H18N2O3S/c1-10-4-5-15(12,13)11-8-6-7-2-3-9(8)14-7/h7-11H,2-6H2,1H3. The molecule has 3 atom stereocenters. The van der Waals surface area contributed by atoms with Gasteiger partial charge in [-0.05, 0) is 26.3 Å². The third kappa shape index (κ3) is 2.69. The van der Waals surface area contributed by atoms with Crippen molar-refractivity contribution in [3.05, 3.63) is 0 Å². The summed E-state index contributed by atoms with van der Waals surface area (Å²) >= 11 is 0. The molecule has 0 aromatic heterocycles. The van der Waals surface area contributed by atoms with E-state index in [9.17, 15) is 8.42 Å². The summed E-state index contributed by atoms with van der Waals surface area (Å²) in [5.41, 5.74) is 0. The van der Waals surface area contributed by atoms with Crippen LogP contribution >= 0.6 is 0 Å². The zero-order valence-corrected chi connectivity index (χ0v) is 9.72. The lowest BCUT2D eigenvalue weighted by Crippen LogP contribution is -2.43. The highest BCUT2D eigenvalue weighted by Gasteiger charge is 2.42. The summed E-state index contributed by atoms with van der Waals surface area (Å²) in [6.45, 7) is 0.483. The Morgan fingerprint density at radius 2 is 2.20 bits per heavy atom. The number of sulfonamides is 1. The minimum Gasteiger partial charge on any atom is -0.373 e. The van der Waals surface area contributed by atoms with Gasteiger partial charge in [-0.1, -0.05) is 0 Å². The van der Waals surface area contributed by atoms with Crippen molar-refractivity contribution in [1.82, 2.24) is 10.0 Å². The molecule has 0 aliphatic carbocycles. The van der Waals surface area contributed by atoms with E-state index in [1.807, 2.05) is 0 Å². The van der Waals surface area contributed by atoms with E-state index in [0.717, 1.165) is 19.3 Å². The zero-order valence-electron chi connectivity index (χ0n) is 8.90. The van der Waals surface area contributed by atoms with Crippen molar-refractivity contribution < 1.29 is 13.2 Å². The first kappa shape index (κ1) is 11.3. The van der Waals surface area contributed by atoms with Gasteiger partial charge in [0.15, 0.2) is 0 Å². The summed E-state index contributed by atoms with van der Waals surface area (Å²) in [4.78, 5) is 0. The number of nitrogens with one attached hydrogen (secondary N) is 2. The molecule has 0 amide bonds. The Hall–Kier alpha value is -0.170. The molecule has 0 aromatic rings. The van der Waals surface area contributed by atoms with Gasteiger partial charge in [-0.2, -0.15) is 0 Å². The molecule has 2 saturated heterocycles. The Balaban J connectivity index is 1.86. The van der Waals surface area contributed by atoms with Crippen LogP contribution in [0, 0.1) is 0 Å². The van der Waals surface area contributed by atoms with Crippen LogP contribution in [-0.4, -0.2) is 46.0 Å². The molecule has 2 aliphatic rings. The van der Waals surface area contributed by atoms with Crippen LogP contribution in [-0.2, 0) is 14.8 Å². The minimum atomic E-state index is -3.14. The molecule has 2 bridgehead atoms. The first-order chi connectivity index (χ1) is 7.11. The molecule has 2 aliphatic heterocycles. The van der Waals surface area contributed by atoms with Crippen LogP contribution in [0.2, 0.25) is 0 Å². The highest BCUT2D eigenvalue weighted by atomic mass is 32.2. The quantitative estimate of drug-likeness (QED) is 0.669. The molecule has 6 heteroatoms. The molecule has 0 radical (unpaired) electrons. The fourth-order valence-electron chi connectivity index (χ4n) is 2.29. The minimum absolute atomic E-state index is 0.00519. The molecule has 5 nitrogen and oxygen atoms in total. The number of ether oxygens (including phenoxy) is 1. The van der Waals surface area contributed by atoms with E-state index in [4.69, 9.17) is 4.74 Å². The van der Waals surface area contributed by atoms with Gasteiger partial charge in [0.05, 0.1) is 24.0 Å². The summed E-state index contributed by atoms with van der Waals surface area (Å²) in [5.74, 6) is 0.136. The molecule has 3 unspecified atom stereocenters. The Bertz CT molecular complexity index is 317. The molecule has 0 spiro atoms. The fraction of sp³-hybridized carbons (Fsp3) is 1.00. The van der Waals surface area contributed by atoms with Crippen LogP contribution in [0.4, 0.5) is 0 Å². The number of hydrogen-bond donors (Lipinski definition) is 2. The molecule has 88 valence electrons. The maximum Gasteiger partial charge on any atom is 0.213 e. The number of fused-ring (bicyclic) bond motifs is 2. The lowest BCUT2D eigenvalue weighted by Gasteiger charge is -2.19. The van der Waals surface area contributed by atoms with Gasteiger partial charge in [0.25, 0.3) is 0 Å². The van der Waals surface area contributed by atoms with Gasteiger partial charge in [0.2, 0.25) is 10.0 Å². The largest absolute Gasteiger partial charge is 0.373 e. The molecule has 2 heterocycles. The second-order valence-electron chi connectivity index (χ2n) is 4.26. The maximum atomic E-state index is 11.6. The van der Waals surface area contributed by atoms with Crippen molar-refractivity contribution in [3.8, 4) is 0 Å². The van der Waals surface area contributed by atoms with Crippen LogP contribution in [0.5, 0.6) is 0 Å². The highest BCUT2D eigenvalue weighted by Crippen LogP contribution is 2.34. The van der Waals surface area contributed by atoms with Crippen LogP contribution in [0.1, 0.15) is 19.3 Å². The van der Waals surface area contributed by atoms with E-state index in [1.54, 1.807) is 7.05 Å². The van der Waals surface area contributed by atoms with Crippen molar-refractivity contribution >= 4 is 10.0 Å².